The minimum atomic E-state index is -0.225. The van der Waals surface area contributed by atoms with E-state index in [4.69, 9.17) is 26.1 Å². The Morgan fingerprint density at radius 1 is 1.00 bits per heavy atom. The number of rotatable bonds is 8. The Labute approximate surface area is 188 Å². The number of aryl methyl sites for hydroxylation is 2. The van der Waals surface area contributed by atoms with Crippen LogP contribution in [0.4, 0.5) is 0 Å². The van der Waals surface area contributed by atoms with Crippen LogP contribution in [0.5, 0.6) is 11.5 Å². The molecule has 1 unspecified atom stereocenters. The zero-order valence-corrected chi connectivity index (χ0v) is 18.9. The van der Waals surface area contributed by atoms with E-state index in [-0.39, 0.29) is 6.10 Å². The third-order valence-corrected chi connectivity index (χ3v) is 5.83. The lowest BCUT2D eigenvalue weighted by atomic mass is 10.2. The molecular formula is C26H27ClN2O2. The number of para-hydroxylation sites is 2. The van der Waals surface area contributed by atoms with Crippen LogP contribution in [0.2, 0.25) is 5.02 Å². The van der Waals surface area contributed by atoms with Gasteiger partial charge in [-0.2, -0.15) is 0 Å². The first-order valence-corrected chi connectivity index (χ1v) is 11.0. The number of hydrogen-bond donors (Lipinski definition) is 0. The third-order valence-electron chi connectivity index (χ3n) is 5.41. The molecule has 0 saturated heterocycles. The van der Waals surface area contributed by atoms with Gasteiger partial charge >= 0.3 is 0 Å². The summed E-state index contributed by atoms with van der Waals surface area (Å²) in [6.07, 6.45) is 0.798. The normalized spacial score (nSPS) is 12.1. The van der Waals surface area contributed by atoms with Crippen LogP contribution in [0.1, 0.15) is 36.9 Å². The van der Waals surface area contributed by atoms with Crippen molar-refractivity contribution in [2.24, 2.45) is 0 Å². The number of fused-ring (bicyclic) bond motifs is 1. The maximum atomic E-state index is 6.21. The quantitative estimate of drug-likeness (QED) is 0.306. The molecule has 4 nitrogen and oxygen atoms in total. The molecule has 160 valence electrons. The van der Waals surface area contributed by atoms with Crippen molar-refractivity contribution < 1.29 is 9.47 Å². The largest absolute Gasteiger partial charge is 0.492 e. The predicted molar refractivity (Wildman–Crippen MR) is 126 cm³/mol. The fourth-order valence-electron chi connectivity index (χ4n) is 3.66. The molecule has 3 aromatic carbocycles. The van der Waals surface area contributed by atoms with Crippen molar-refractivity contribution in [2.45, 2.75) is 39.8 Å². The minimum absolute atomic E-state index is 0.225. The Balaban J connectivity index is 1.53. The number of halogens is 1. The van der Waals surface area contributed by atoms with E-state index in [1.807, 2.05) is 62.4 Å². The maximum absolute atomic E-state index is 6.21. The summed E-state index contributed by atoms with van der Waals surface area (Å²) in [6, 6.07) is 22.1. The van der Waals surface area contributed by atoms with Crippen LogP contribution in [0.15, 0.2) is 66.7 Å². The van der Waals surface area contributed by atoms with Gasteiger partial charge in [-0.3, -0.25) is 0 Å². The number of nitrogens with zero attached hydrogens (tertiary/aromatic N) is 2. The fraction of sp³-hybridized carbons (Fsp3) is 0.269. The highest BCUT2D eigenvalue weighted by Gasteiger charge is 2.18. The van der Waals surface area contributed by atoms with Gasteiger partial charge in [-0.25, -0.2) is 4.98 Å². The van der Waals surface area contributed by atoms with Crippen molar-refractivity contribution in [2.75, 3.05) is 6.61 Å². The first kappa shape index (κ1) is 21.3. The van der Waals surface area contributed by atoms with Gasteiger partial charge in [0.2, 0.25) is 0 Å². The van der Waals surface area contributed by atoms with E-state index in [1.165, 1.54) is 5.56 Å². The van der Waals surface area contributed by atoms with Gasteiger partial charge in [0.15, 0.2) is 11.9 Å². The van der Waals surface area contributed by atoms with E-state index >= 15 is 0 Å². The van der Waals surface area contributed by atoms with Crippen LogP contribution in [0.3, 0.4) is 0 Å². The highest BCUT2D eigenvalue weighted by atomic mass is 35.5. The molecule has 0 amide bonds. The number of aromatic nitrogens is 2. The standard InChI is InChI=1S/C26H27ClN2O2/c1-4-20-9-11-21(12-10-20)30-16-15-29-25-8-6-5-7-24(25)28-26(29)19(3)31-22-13-14-23(27)18(2)17-22/h5-14,17,19H,4,15-16H2,1-3H3. The van der Waals surface area contributed by atoms with Crippen molar-refractivity contribution in [1.29, 1.82) is 0 Å². The Bertz CT molecular complexity index is 1170. The lowest BCUT2D eigenvalue weighted by Gasteiger charge is -2.17. The molecule has 4 aromatic rings. The van der Waals surface area contributed by atoms with Crippen LogP contribution in [0, 0.1) is 6.92 Å². The average Bonchev–Trinajstić information content (AvgIpc) is 3.16. The van der Waals surface area contributed by atoms with Gasteiger partial charge in [0, 0.05) is 5.02 Å². The molecule has 1 heterocycles. The van der Waals surface area contributed by atoms with Crippen LogP contribution >= 0.6 is 11.6 Å². The van der Waals surface area contributed by atoms with Gasteiger partial charge in [0.1, 0.15) is 18.1 Å². The van der Waals surface area contributed by atoms with Gasteiger partial charge in [0.05, 0.1) is 17.6 Å². The van der Waals surface area contributed by atoms with Crippen molar-refractivity contribution in [3.63, 3.8) is 0 Å². The van der Waals surface area contributed by atoms with Crippen LogP contribution in [-0.2, 0) is 13.0 Å². The Kier molecular flexibility index (Phi) is 6.47. The molecular weight excluding hydrogens is 408 g/mol. The van der Waals surface area contributed by atoms with E-state index in [0.717, 1.165) is 45.4 Å². The molecule has 0 aliphatic heterocycles. The smallest absolute Gasteiger partial charge is 0.153 e. The Morgan fingerprint density at radius 3 is 2.48 bits per heavy atom. The zero-order chi connectivity index (χ0) is 21.8. The summed E-state index contributed by atoms with van der Waals surface area (Å²) >= 11 is 6.15. The number of hydrogen-bond acceptors (Lipinski definition) is 3. The lowest BCUT2D eigenvalue weighted by Crippen LogP contribution is -2.15. The molecule has 1 atom stereocenters. The third kappa shape index (κ3) is 4.86. The van der Waals surface area contributed by atoms with Gasteiger partial charge < -0.3 is 14.0 Å². The second-order valence-corrected chi connectivity index (χ2v) is 8.03. The van der Waals surface area contributed by atoms with Crippen molar-refractivity contribution in [3.05, 3.63) is 88.7 Å². The molecule has 0 N–H and O–H groups in total. The summed E-state index contributed by atoms with van der Waals surface area (Å²) < 4.78 is 14.4. The predicted octanol–water partition coefficient (Wildman–Crippen LogP) is 6.78. The zero-order valence-electron chi connectivity index (χ0n) is 18.1. The number of ether oxygens (including phenoxy) is 2. The van der Waals surface area contributed by atoms with Crippen molar-refractivity contribution in [1.82, 2.24) is 9.55 Å². The Morgan fingerprint density at radius 2 is 1.74 bits per heavy atom. The fourth-order valence-corrected chi connectivity index (χ4v) is 3.78. The first-order chi connectivity index (χ1) is 15.0. The Hall–Kier alpha value is -2.98. The second-order valence-electron chi connectivity index (χ2n) is 7.63. The van der Waals surface area contributed by atoms with Gasteiger partial charge in [-0.05, 0) is 73.9 Å². The summed E-state index contributed by atoms with van der Waals surface area (Å²) in [7, 11) is 0. The molecule has 0 spiro atoms. The summed E-state index contributed by atoms with van der Waals surface area (Å²) in [6.45, 7) is 7.37. The molecule has 0 bridgehead atoms. The summed E-state index contributed by atoms with van der Waals surface area (Å²) in [5.74, 6) is 2.53. The molecule has 0 aliphatic rings. The average molecular weight is 435 g/mol. The molecule has 31 heavy (non-hydrogen) atoms. The highest BCUT2D eigenvalue weighted by molar-refractivity contribution is 6.31. The van der Waals surface area contributed by atoms with Gasteiger partial charge in [-0.1, -0.05) is 42.8 Å². The molecule has 0 fully saturated rings. The molecule has 0 radical (unpaired) electrons. The monoisotopic (exact) mass is 434 g/mol. The van der Waals surface area contributed by atoms with E-state index in [9.17, 15) is 0 Å². The number of imidazole rings is 1. The van der Waals surface area contributed by atoms with E-state index in [0.29, 0.717) is 13.2 Å². The summed E-state index contributed by atoms with van der Waals surface area (Å²) in [5, 5.41) is 0.733. The van der Waals surface area contributed by atoms with E-state index in [2.05, 4.69) is 29.7 Å². The molecule has 4 rings (SSSR count). The molecule has 1 aromatic heterocycles. The van der Waals surface area contributed by atoms with Crippen LogP contribution in [-0.4, -0.2) is 16.2 Å². The van der Waals surface area contributed by atoms with E-state index in [1.54, 1.807) is 0 Å². The number of benzene rings is 3. The topological polar surface area (TPSA) is 36.3 Å². The molecule has 5 heteroatoms. The van der Waals surface area contributed by atoms with Gasteiger partial charge in [0.25, 0.3) is 0 Å². The first-order valence-electron chi connectivity index (χ1n) is 10.6. The van der Waals surface area contributed by atoms with Crippen LogP contribution in [0.25, 0.3) is 11.0 Å². The highest BCUT2D eigenvalue weighted by Crippen LogP contribution is 2.28. The summed E-state index contributed by atoms with van der Waals surface area (Å²) in [5.41, 5.74) is 4.32. The minimum Gasteiger partial charge on any atom is -0.492 e. The maximum Gasteiger partial charge on any atom is 0.153 e. The summed E-state index contributed by atoms with van der Waals surface area (Å²) in [4.78, 5) is 4.85. The molecule has 0 saturated carbocycles. The van der Waals surface area contributed by atoms with Crippen molar-refractivity contribution >= 4 is 22.6 Å². The molecule has 0 aliphatic carbocycles. The SMILES string of the molecule is CCc1ccc(OCCn2c(C(C)Oc3ccc(Cl)c(C)c3)nc3ccccc32)cc1. The van der Waals surface area contributed by atoms with E-state index < -0.39 is 0 Å². The van der Waals surface area contributed by atoms with Gasteiger partial charge in [-0.15, -0.1) is 0 Å². The lowest BCUT2D eigenvalue weighted by molar-refractivity contribution is 0.207. The second kappa shape index (κ2) is 9.44. The van der Waals surface area contributed by atoms with Crippen molar-refractivity contribution in [3.8, 4) is 11.5 Å². The van der Waals surface area contributed by atoms with Crippen LogP contribution < -0.4 is 9.47 Å².